The maximum absolute atomic E-state index is 13.7. The summed E-state index contributed by atoms with van der Waals surface area (Å²) < 4.78 is 76.0. The van der Waals surface area contributed by atoms with Crippen molar-refractivity contribution in [3.8, 4) is 5.69 Å². The third kappa shape index (κ3) is 3.75. The Morgan fingerprint density at radius 1 is 1.24 bits per heavy atom. The van der Waals surface area contributed by atoms with Gasteiger partial charge in [0.15, 0.2) is 0 Å². The molecule has 0 unspecified atom stereocenters. The summed E-state index contributed by atoms with van der Waals surface area (Å²) in [4.78, 5) is 2.74. The van der Waals surface area contributed by atoms with E-state index in [2.05, 4.69) is 15.4 Å². The van der Waals surface area contributed by atoms with Crippen molar-refractivity contribution in [2.75, 3.05) is 12.4 Å². The first-order chi connectivity index (χ1) is 11.4. The minimum atomic E-state index is -5.07. The number of nitrogens with zero attached hydrogens (tertiary/aromatic N) is 3. The van der Waals surface area contributed by atoms with Gasteiger partial charge in [0.2, 0.25) is 5.95 Å². The molecule has 138 valence electrons. The lowest BCUT2D eigenvalue weighted by molar-refractivity contribution is -0.144. The molecule has 0 aliphatic carbocycles. The molecule has 1 heterocycles. The lowest BCUT2D eigenvalue weighted by Gasteiger charge is -2.15. The predicted octanol–water partition coefficient (Wildman–Crippen LogP) is 3.42. The van der Waals surface area contributed by atoms with Crippen molar-refractivity contribution in [1.82, 2.24) is 14.8 Å². The number of rotatable bonds is 4. The summed E-state index contributed by atoms with van der Waals surface area (Å²) in [5.74, 6) is -1.96. The Morgan fingerprint density at radius 3 is 2.28 bits per heavy atom. The molecule has 2 aromatic rings. The topological polar surface area (TPSA) is 76.9 Å². The molecular formula is C14H16F4N4O2S. The van der Waals surface area contributed by atoms with E-state index in [1.54, 1.807) is 20.8 Å². The van der Waals surface area contributed by atoms with Gasteiger partial charge in [0.05, 0.1) is 5.69 Å². The number of hydrogen-bond donors (Lipinski definition) is 1. The van der Waals surface area contributed by atoms with Crippen molar-refractivity contribution in [3.05, 3.63) is 29.1 Å². The van der Waals surface area contributed by atoms with Crippen LogP contribution in [0.4, 0.5) is 23.0 Å². The van der Waals surface area contributed by atoms with Crippen LogP contribution < -0.4 is 5.32 Å². The fraction of sp³-hybridized carbons (Fsp3) is 0.429. The molecule has 2 rings (SSSR count). The Kier molecular flexibility index (Phi) is 4.81. The van der Waals surface area contributed by atoms with Gasteiger partial charge in [0.25, 0.3) is 5.82 Å². The molecule has 1 aromatic carbocycles. The molecule has 25 heavy (non-hydrogen) atoms. The second kappa shape index (κ2) is 6.28. The Morgan fingerprint density at radius 2 is 1.84 bits per heavy atom. The molecule has 0 atom stereocenters. The zero-order valence-corrected chi connectivity index (χ0v) is 14.6. The molecule has 11 heteroatoms. The maximum Gasteiger partial charge on any atom is 0.453 e. The van der Waals surface area contributed by atoms with E-state index in [4.69, 9.17) is 0 Å². The third-order valence-electron chi connectivity index (χ3n) is 3.53. The molecule has 0 aliphatic heterocycles. The second-order valence-electron chi connectivity index (χ2n) is 5.69. The smallest absolute Gasteiger partial charge is 0.357 e. The van der Waals surface area contributed by atoms with Crippen molar-refractivity contribution in [1.29, 1.82) is 0 Å². The molecular weight excluding hydrogens is 364 g/mol. The lowest BCUT2D eigenvalue weighted by atomic mass is 10.00. The molecule has 0 saturated heterocycles. The van der Waals surface area contributed by atoms with Crippen LogP contribution in [0, 0.1) is 6.92 Å². The van der Waals surface area contributed by atoms with E-state index in [9.17, 15) is 25.5 Å². The van der Waals surface area contributed by atoms with Crippen LogP contribution in [0.3, 0.4) is 0 Å². The third-order valence-corrected chi connectivity index (χ3v) is 4.40. The van der Waals surface area contributed by atoms with Gasteiger partial charge < -0.3 is 5.32 Å². The van der Waals surface area contributed by atoms with Crippen LogP contribution in [-0.2, 0) is 16.4 Å². The van der Waals surface area contributed by atoms with Crippen LogP contribution in [0.5, 0.6) is 0 Å². The standard InChI is InChI=1S/C14H16F4N4O2S/c1-7(2)9-5-8(3)10(6-11(9)25(18,23)24)22-13(19-4)20-12(21-22)14(15,16)17/h5-7H,1-4H3,(H,19,20,21). The molecule has 1 N–H and O–H groups in total. The molecule has 0 saturated carbocycles. The van der Waals surface area contributed by atoms with Gasteiger partial charge in [-0.15, -0.1) is 8.98 Å². The summed E-state index contributed by atoms with van der Waals surface area (Å²) in [7, 11) is -3.73. The molecule has 0 aliphatic rings. The van der Waals surface area contributed by atoms with Gasteiger partial charge in [-0.1, -0.05) is 19.9 Å². The van der Waals surface area contributed by atoms with E-state index in [0.717, 1.165) is 10.7 Å². The Hall–Kier alpha value is -2.17. The summed E-state index contributed by atoms with van der Waals surface area (Å²) in [6.45, 7) is 4.92. The Bertz CT molecular complexity index is 904. The van der Waals surface area contributed by atoms with Crippen molar-refractivity contribution >= 4 is 16.2 Å². The van der Waals surface area contributed by atoms with Gasteiger partial charge in [-0.3, -0.25) is 0 Å². The largest absolute Gasteiger partial charge is 0.453 e. The van der Waals surface area contributed by atoms with Crippen molar-refractivity contribution in [3.63, 3.8) is 0 Å². The summed E-state index contributed by atoms with van der Waals surface area (Å²) >= 11 is 0. The fourth-order valence-electron chi connectivity index (χ4n) is 2.35. The van der Waals surface area contributed by atoms with Crippen LogP contribution in [-0.4, -0.2) is 30.2 Å². The van der Waals surface area contributed by atoms with Crippen LogP contribution in [0.1, 0.15) is 36.7 Å². The van der Waals surface area contributed by atoms with Gasteiger partial charge in [-0.25, -0.2) is 0 Å². The number of halogens is 4. The number of aryl methyl sites for hydroxylation is 1. The predicted molar refractivity (Wildman–Crippen MR) is 83.0 cm³/mol. The van der Waals surface area contributed by atoms with Gasteiger partial charge in [-0.2, -0.15) is 31.3 Å². The number of hydrogen-bond acceptors (Lipinski definition) is 5. The summed E-state index contributed by atoms with van der Waals surface area (Å²) in [6.07, 6.45) is -4.78. The minimum absolute atomic E-state index is 0.0204. The molecule has 1 aromatic heterocycles. The Labute approximate surface area is 142 Å². The zero-order valence-electron chi connectivity index (χ0n) is 13.8. The van der Waals surface area contributed by atoms with Gasteiger partial charge >= 0.3 is 16.4 Å². The average molecular weight is 380 g/mol. The number of nitrogens with one attached hydrogen (secondary N) is 1. The lowest BCUT2D eigenvalue weighted by Crippen LogP contribution is -2.10. The van der Waals surface area contributed by atoms with Crippen LogP contribution in [0.2, 0.25) is 0 Å². The van der Waals surface area contributed by atoms with Gasteiger partial charge in [0.1, 0.15) is 4.90 Å². The van der Waals surface area contributed by atoms with Crippen molar-refractivity contribution in [2.24, 2.45) is 0 Å². The van der Waals surface area contributed by atoms with E-state index >= 15 is 0 Å². The first-order valence-electron chi connectivity index (χ1n) is 7.17. The highest BCUT2D eigenvalue weighted by atomic mass is 32.3. The van der Waals surface area contributed by atoms with Crippen LogP contribution >= 0.6 is 0 Å². The fourth-order valence-corrected chi connectivity index (χ4v) is 3.18. The van der Waals surface area contributed by atoms with Crippen molar-refractivity contribution in [2.45, 2.75) is 37.8 Å². The zero-order chi connectivity index (χ0) is 19.2. The average Bonchev–Trinajstić information content (AvgIpc) is 2.89. The van der Waals surface area contributed by atoms with Crippen molar-refractivity contribution < 1.29 is 25.5 Å². The molecule has 0 spiro atoms. The SMILES string of the molecule is CNc1nc(C(F)(F)F)nn1-c1cc(S(=O)(=O)F)c(C(C)C)cc1C. The molecule has 0 amide bonds. The maximum atomic E-state index is 13.7. The normalized spacial score (nSPS) is 12.7. The molecule has 6 nitrogen and oxygen atoms in total. The quantitative estimate of drug-likeness (QED) is 0.650. The molecule has 0 bridgehead atoms. The Balaban J connectivity index is 2.79. The number of benzene rings is 1. The minimum Gasteiger partial charge on any atom is -0.357 e. The highest BCUT2D eigenvalue weighted by Crippen LogP contribution is 2.33. The monoisotopic (exact) mass is 380 g/mol. The first kappa shape index (κ1) is 19.2. The van der Waals surface area contributed by atoms with Crippen LogP contribution in [0.25, 0.3) is 5.69 Å². The summed E-state index contributed by atoms with van der Waals surface area (Å²) in [5, 5.41) is 5.84. The van der Waals surface area contributed by atoms with E-state index in [1.165, 1.54) is 13.1 Å². The van der Waals surface area contributed by atoms with Gasteiger partial charge in [0, 0.05) is 7.05 Å². The van der Waals surface area contributed by atoms with Crippen LogP contribution in [0.15, 0.2) is 17.0 Å². The van der Waals surface area contributed by atoms with E-state index in [1.807, 2.05) is 0 Å². The summed E-state index contributed by atoms with van der Waals surface area (Å²) in [6, 6.07) is 2.39. The van der Waals surface area contributed by atoms with E-state index < -0.39 is 27.1 Å². The second-order valence-corrected chi connectivity index (χ2v) is 7.00. The van der Waals surface area contributed by atoms with Gasteiger partial charge in [-0.05, 0) is 30.0 Å². The van der Waals surface area contributed by atoms with E-state index in [0.29, 0.717) is 5.56 Å². The number of aromatic nitrogens is 3. The number of alkyl halides is 3. The first-order valence-corrected chi connectivity index (χ1v) is 8.56. The molecule has 0 fully saturated rings. The number of anilines is 1. The van der Waals surface area contributed by atoms with E-state index in [-0.39, 0.29) is 23.1 Å². The highest BCUT2D eigenvalue weighted by Gasteiger charge is 2.37. The molecule has 0 radical (unpaired) electrons. The highest BCUT2D eigenvalue weighted by molar-refractivity contribution is 7.86. The summed E-state index contributed by atoms with van der Waals surface area (Å²) in [5.41, 5.74) is 0.630.